The van der Waals surface area contributed by atoms with Crippen molar-refractivity contribution in [1.29, 1.82) is 0 Å². The number of phenols is 1. The van der Waals surface area contributed by atoms with Gasteiger partial charge in [-0.15, -0.1) is 0 Å². The van der Waals surface area contributed by atoms with E-state index in [1.54, 1.807) is 12.1 Å². The SMILES string of the molecule is O=c1oc2cc(O)c(C(F)(F)F)cc2c2ccccc12. The summed E-state index contributed by atoms with van der Waals surface area (Å²) in [4.78, 5) is 11.7. The van der Waals surface area contributed by atoms with Gasteiger partial charge in [0.2, 0.25) is 0 Å². The Morgan fingerprint density at radius 1 is 1.00 bits per heavy atom. The van der Waals surface area contributed by atoms with Crippen LogP contribution in [-0.2, 0) is 6.18 Å². The zero-order valence-electron chi connectivity index (χ0n) is 9.86. The zero-order chi connectivity index (χ0) is 14.5. The molecule has 3 nitrogen and oxygen atoms in total. The van der Waals surface area contributed by atoms with E-state index in [9.17, 15) is 23.1 Å². The second-order valence-corrected chi connectivity index (χ2v) is 4.30. The Bertz CT molecular complexity index is 878. The number of rotatable bonds is 0. The van der Waals surface area contributed by atoms with Crippen molar-refractivity contribution in [3.63, 3.8) is 0 Å². The molecular formula is C14H7F3O3. The van der Waals surface area contributed by atoms with Gasteiger partial charge in [0.05, 0.1) is 10.9 Å². The van der Waals surface area contributed by atoms with Crippen LogP contribution in [0, 0.1) is 0 Å². The Balaban J connectivity index is 2.52. The Morgan fingerprint density at radius 3 is 2.30 bits per heavy atom. The monoisotopic (exact) mass is 280 g/mol. The number of hydrogen-bond acceptors (Lipinski definition) is 3. The predicted molar refractivity (Wildman–Crippen MR) is 66.7 cm³/mol. The maximum atomic E-state index is 12.8. The van der Waals surface area contributed by atoms with Crippen molar-refractivity contribution in [2.75, 3.05) is 0 Å². The first kappa shape index (κ1) is 12.5. The van der Waals surface area contributed by atoms with Crippen LogP contribution in [0.4, 0.5) is 13.2 Å². The second-order valence-electron chi connectivity index (χ2n) is 4.30. The molecule has 1 N–H and O–H groups in total. The fourth-order valence-electron chi connectivity index (χ4n) is 2.14. The molecule has 0 aliphatic rings. The average Bonchev–Trinajstić information content (AvgIpc) is 2.37. The molecule has 1 heterocycles. The molecule has 3 rings (SSSR count). The lowest BCUT2D eigenvalue weighted by Crippen LogP contribution is -2.06. The third-order valence-electron chi connectivity index (χ3n) is 3.04. The molecule has 102 valence electrons. The molecule has 1 aromatic heterocycles. The Hall–Kier alpha value is -2.50. The minimum absolute atomic E-state index is 0.0841. The van der Waals surface area contributed by atoms with Gasteiger partial charge in [0.15, 0.2) is 0 Å². The highest BCUT2D eigenvalue weighted by Gasteiger charge is 2.34. The van der Waals surface area contributed by atoms with Crippen LogP contribution in [0.3, 0.4) is 0 Å². The van der Waals surface area contributed by atoms with E-state index in [0.29, 0.717) is 5.39 Å². The molecule has 0 atom stereocenters. The number of phenolic OH excluding ortho intramolecular Hbond substituents is 1. The van der Waals surface area contributed by atoms with Crippen molar-refractivity contribution < 1.29 is 22.7 Å². The van der Waals surface area contributed by atoms with Gasteiger partial charge in [0.25, 0.3) is 0 Å². The van der Waals surface area contributed by atoms with E-state index in [2.05, 4.69) is 0 Å². The first-order chi connectivity index (χ1) is 9.38. The molecule has 0 saturated heterocycles. The number of fused-ring (bicyclic) bond motifs is 3. The molecule has 3 aromatic rings. The summed E-state index contributed by atoms with van der Waals surface area (Å²) in [6, 6.07) is 7.81. The topological polar surface area (TPSA) is 50.4 Å². The lowest BCUT2D eigenvalue weighted by Gasteiger charge is -2.10. The fourth-order valence-corrected chi connectivity index (χ4v) is 2.14. The van der Waals surface area contributed by atoms with Gasteiger partial charge in [-0.05, 0) is 17.5 Å². The van der Waals surface area contributed by atoms with E-state index in [0.717, 1.165) is 12.1 Å². The maximum Gasteiger partial charge on any atom is 0.419 e. The molecule has 0 spiro atoms. The minimum atomic E-state index is -4.69. The van der Waals surface area contributed by atoms with E-state index in [1.807, 2.05) is 0 Å². The lowest BCUT2D eigenvalue weighted by molar-refractivity contribution is -0.138. The van der Waals surface area contributed by atoms with E-state index in [4.69, 9.17) is 4.42 Å². The van der Waals surface area contributed by atoms with Crippen LogP contribution in [0.15, 0.2) is 45.6 Å². The van der Waals surface area contributed by atoms with Crippen LogP contribution < -0.4 is 5.63 Å². The summed E-state index contributed by atoms with van der Waals surface area (Å²) in [7, 11) is 0. The van der Waals surface area contributed by atoms with Gasteiger partial charge in [0, 0.05) is 11.5 Å². The average molecular weight is 280 g/mol. The standard InChI is InChI=1S/C14H7F3O3/c15-14(16,17)10-5-9-7-3-1-2-4-8(7)13(19)20-12(9)6-11(10)18/h1-6,18H. The van der Waals surface area contributed by atoms with Crippen LogP contribution >= 0.6 is 0 Å². The molecule has 0 fully saturated rings. The van der Waals surface area contributed by atoms with Crippen LogP contribution in [-0.4, -0.2) is 5.11 Å². The summed E-state index contributed by atoms with van der Waals surface area (Å²) in [5, 5.41) is 10.1. The maximum absolute atomic E-state index is 12.8. The van der Waals surface area contributed by atoms with Gasteiger partial charge in [-0.3, -0.25) is 0 Å². The molecule has 0 unspecified atom stereocenters. The smallest absolute Gasteiger partial charge is 0.419 e. The van der Waals surface area contributed by atoms with Gasteiger partial charge in [-0.2, -0.15) is 13.2 Å². The summed E-state index contributed by atoms with van der Waals surface area (Å²) in [5.41, 5.74) is -1.91. The molecular weight excluding hydrogens is 273 g/mol. The highest BCUT2D eigenvalue weighted by atomic mass is 19.4. The normalized spacial score (nSPS) is 12.2. The Morgan fingerprint density at radius 2 is 1.65 bits per heavy atom. The van der Waals surface area contributed by atoms with Crippen molar-refractivity contribution in [3.05, 3.63) is 52.4 Å². The molecule has 6 heteroatoms. The molecule has 0 saturated carbocycles. The summed E-state index contributed by atoms with van der Waals surface area (Å²) >= 11 is 0. The van der Waals surface area contributed by atoms with Gasteiger partial charge >= 0.3 is 11.8 Å². The quantitative estimate of drug-likeness (QED) is 0.505. The minimum Gasteiger partial charge on any atom is -0.507 e. The molecule has 0 amide bonds. The number of benzene rings is 2. The van der Waals surface area contributed by atoms with Crippen molar-refractivity contribution in [1.82, 2.24) is 0 Å². The summed E-state index contributed by atoms with van der Waals surface area (Å²) in [6.45, 7) is 0. The van der Waals surface area contributed by atoms with Crippen LogP contribution in [0.2, 0.25) is 0 Å². The Labute approximate surface area is 109 Å². The van der Waals surface area contributed by atoms with E-state index >= 15 is 0 Å². The van der Waals surface area contributed by atoms with E-state index in [-0.39, 0.29) is 16.4 Å². The third-order valence-corrected chi connectivity index (χ3v) is 3.04. The first-order valence-corrected chi connectivity index (χ1v) is 5.63. The highest BCUT2D eigenvalue weighted by molar-refractivity contribution is 6.04. The number of halogens is 3. The number of hydrogen-bond donors (Lipinski definition) is 1. The molecule has 0 aliphatic heterocycles. The van der Waals surface area contributed by atoms with E-state index < -0.39 is 23.1 Å². The largest absolute Gasteiger partial charge is 0.507 e. The third kappa shape index (κ3) is 1.80. The van der Waals surface area contributed by atoms with Crippen molar-refractivity contribution in [2.45, 2.75) is 6.18 Å². The molecule has 0 aliphatic carbocycles. The van der Waals surface area contributed by atoms with Crippen molar-refractivity contribution in [3.8, 4) is 5.75 Å². The molecule has 20 heavy (non-hydrogen) atoms. The van der Waals surface area contributed by atoms with Gasteiger partial charge in [0.1, 0.15) is 11.3 Å². The van der Waals surface area contributed by atoms with Gasteiger partial charge in [-0.1, -0.05) is 18.2 Å². The number of alkyl halides is 3. The molecule has 0 radical (unpaired) electrons. The first-order valence-electron chi connectivity index (χ1n) is 5.63. The zero-order valence-corrected chi connectivity index (χ0v) is 9.86. The number of aromatic hydroxyl groups is 1. The lowest BCUT2D eigenvalue weighted by atomic mass is 10.0. The van der Waals surface area contributed by atoms with Crippen LogP contribution in [0.1, 0.15) is 5.56 Å². The summed E-state index contributed by atoms with van der Waals surface area (Å²) in [6.07, 6.45) is -4.69. The Kier molecular flexibility index (Phi) is 2.50. The summed E-state index contributed by atoms with van der Waals surface area (Å²) < 4.78 is 43.4. The van der Waals surface area contributed by atoms with Gasteiger partial charge in [-0.25, -0.2) is 4.79 Å². The molecule has 2 aromatic carbocycles. The second kappa shape index (κ2) is 4.00. The summed E-state index contributed by atoms with van der Waals surface area (Å²) in [5.74, 6) is -0.969. The highest BCUT2D eigenvalue weighted by Crippen LogP contribution is 2.39. The van der Waals surface area contributed by atoms with Crippen LogP contribution in [0.25, 0.3) is 21.7 Å². The van der Waals surface area contributed by atoms with Gasteiger partial charge < -0.3 is 9.52 Å². The molecule has 0 bridgehead atoms. The van der Waals surface area contributed by atoms with Crippen LogP contribution in [0.5, 0.6) is 5.75 Å². The van der Waals surface area contributed by atoms with Crippen molar-refractivity contribution >= 4 is 21.7 Å². The fraction of sp³-hybridized carbons (Fsp3) is 0.0714. The van der Waals surface area contributed by atoms with Crippen molar-refractivity contribution in [2.24, 2.45) is 0 Å². The predicted octanol–water partition coefficient (Wildman–Crippen LogP) is 3.67. The van der Waals surface area contributed by atoms with E-state index in [1.165, 1.54) is 12.1 Å².